The average Bonchev–Trinajstić information content (AvgIpc) is 2.64. The summed E-state index contributed by atoms with van der Waals surface area (Å²) >= 11 is 6.09. The number of benzene rings is 2. The van der Waals surface area contributed by atoms with Crippen LogP contribution in [0.25, 0.3) is 0 Å². The lowest BCUT2D eigenvalue weighted by atomic mass is 10.1. The van der Waals surface area contributed by atoms with Crippen molar-refractivity contribution in [1.29, 1.82) is 0 Å². The van der Waals surface area contributed by atoms with E-state index >= 15 is 0 Å². The first-order valence-corrected chi connectivity index (χ1v) is 8.56. The number of aryl methyl sites for hydroxylation is 1. The molecule has 1 heterocycles. The van der Waals surface area contributed by atoms with Crippen LogP contribution in [0.3, 0.4) is 0 Å². The van der Waals surface area contributed by atoms with Crippen molar-refractivity contribution in [3.63, 3.8) is 0 Å². The second kappa shape index (κ2) is 7.97. The van der Waals surface area contributed by atoms with Crippen LogP contribution in [0.2, 0.25) is 5.02 Å². The van der Waals surface area contributed by atoms with Crippen LogP contribution in [0.4, 0.5) is 0 Å². The highest BCUT2D eigenvalue weighted by Crippen LogP contribution is 2.14. The summed E-state index contributed by atoms with van der Waals surface area (Å²) in [5.74, 6) is -0.359. The van der Waals surface area contributed by atoms with Gasteiger partial charge in [-0.1, -0.05) is 59.6 Å². The summed E-state index contributed by atoms with van der Waals surface area (Å²) in [6.45, 7) is 2.60. The van der Waals surface area contributed by atoms with Gasteiger partial charge in [0.15, 0.2) is 0 Å². The van der Waals surface area contributed by atoms with Gasteiger partial charge in [0.05, 0.1) is 6.54 Å². The van der Waals surface area contributed by atoms with Gasteiger partial charge in [-0.05, 0) is 30.2 Å². The number of rotatable bonds is 5. The molecule has 5 nitrogen and oxygen atoms in total. The van der Waals surface area contributed by atoms with E-state index in [2.05, 4.69) is 10.4 Å². The summed E-state index contributed by atoms with van der Waals surface area (Å²) in [7, 11) is 0. The predicted octanol–water partition coefficient (Wildman–Crippen LogP) is 3.18. The van der Waals surface area contributed by atoms with Gasteiger partial charge in [-0.15, -0.1) is 0 Å². The SMILES string of the molecule is Cc1ccc(Cn2nc(C(=O)NCc3ccccc3Cl)ccc2=O)cc1. The number of amides is 1. The fourth-order valence-electron chi connectivity index (χ4n) is 2.46. The Kier molecular flexibility index (Phi) is 5.49. The van der Waals surface area contributed by atoms with Crippen LogP contribution >= 0.6 is 11.6 Å². The van der Waals surface area contributed by atoms with Gasteiger partial charge in [0.2, 0.25) is 0 Å². The van der Waals surface area contributed by atoms with E-state index in [1.165, 1.54) is 16.8 Å². The van der Waals surface area contributed by atoms with Crippen molar-refractivity contribution < 1.29 is 4.79 Å². The Hall–Kier alpha value is -2.92. The molecule has 0 radical (unpaired) electrons. The van der Waals surface area contributed by atoms with Crippen molar-refractivity contribution in [3.8, 4) is 0 Å². The van der Waals surface area contributed by atoms with Crippen molar-refractivity contribution in [2.24, 2.45) is 0 Å². The Morgan fingerprint density at radius 3 is 2.54 bits per heavy atom. The largest absolute Gasteiger partial charge is 0.347 e. The highest BCUT2D eigenvalue weighted by atomic mass is 35.5. The van der Waals surface area contributed by atoms with Crippen LogP contribution in [0.1, 0.15) is 27.2 Å². The first-order chi connectivity index (χ1) is 12.5. The molecule has 0 spiro atoms. The molecule has 132 valence electrons. The number of aromatic nitrogens is 2. The maximum atomic E-state index is 12.4. The topological polar surface area (TPSA) is 64.0 Å². The zero-order valence-corrected chi connectivity index (χ0v) is 15.0. The van der Waals surface area contributed by atoms with Crippen molar-refractivity contribution in [2.75, 3.05) is 0 Å². The van der Waals surface area contributed by atoms with Crippen LogP contribution < -0.4 is 10.9 Å². The van der Waals surface area contributed by atoms with Gasteiger partial charge < -0.3 is 5.32 Å². The molecule has 0 saturated carbocycles. The van der Waals surface area contributed by atoms with Crippen molar-refractivity contribution >= 4 is 17.5 Å². The number of nitrogens with zero attached hydrogens (tertiary/aromatic N) is 2. The van der Waals surface area contributed by atoms with Crippen molar-refractivity contribution in [3.05, 3.63) is 98.4 Å². The fourth-order valence-corrected chi connectivity index (χ4v) is 2.66. The molecule has 3 rings (SSSR count). The van der Waals surface area contributed by atoms with Gasteiger partial charge in [-0.2, -0.15) is 5.10 Å². The van der Waals surface area contributed by atoms with E-state index in [0.717, 1.165) is 16.7 Å². The molecule has 3 aromatic rings. The summed E-state index contributed by atoms with van der Waals surface area (Å²) in [4.78, 5) is 24.4. The summed E-state index contributed by atoms with van der Waals surface area (Å²) in [5, 5.41) is 7.54. The third kappa shape index (κ3) is 4.37. The Labute approximate surface area is 156 Å². The first-order valence-electron chi connectivity index (χ1n) is 8.18. The minimum atomic E-state index is -0.359. The number of carbonyl (C=O) groups excluding carboxylic acids is 1. The van der Waals surface area contributed by atoms with E-state index in [1.807, 2.05) is 49.4 Å². The summed E-state index contributed by atoms with van der Waals surface area (Å²) in [5.41, 5.74) is 2.83. The molecule has 0 unspecified atom stereocenters. The lowest BCUT2D eigenvalue weighted by Gasteiger charge is -2.09. The molecule has 0 saturated heterocycles. The highest BCUT2D eigenvalue weighted by molar-refractivity contribution is 6.31. The Morgan fingerprint density at radius 2 is 1.81 bits per heavy atom. The summed E-state index contributed by atoms with van der Waals surface area (Å²) < 4.78 is 1.29. The molecular weight excluding hydrogens is 350 g/mol. The van der Waals surface area contributed by atoms with Crippen LogP contribution in [-0.2, 0) is 13.1 Å². The zero-order chi connectivity index (χ0) is 18.5. The summed E-state index contributed by atoms with van der Waals surface area (Å²) in [6.07, 6.45) is 0. The number of hydrogen-bond acceptors (Lipinski definition) is 3. The molecule has 1 amide bonds. The second-order valence-corrected chi connectivity index (χ2v) is 6.38. The summed E-state index contributed by atoms with van der Waals surface area (Å²) in [6, 6.07) is 17.9. The number of hydrogen-bond donors (Lipinski definition) is 1. The molecule has 0 fully saturated rings. The van der Waals surface area contributed by atoms with Gasteiger partial charge in [0.1, 0.15) is 5.69 Å². The van der Waals surface area contributed by atoms with Gasteiger partial charge in [0.25, 0.3) is 11.5 Å². The van der Waals surface area contributed by atoms with E-state index in [0.29, 0.717) is 11.6 Å². The Bertz CT molecular complexity index is 981. The molecule has 0 aliphatic rings. The van der Waals surface area contributed by atoms with Gasteiger partial charge in [-0.25, -0.2) is 4.68 Å². The van der Waals surface area contributed by atoms with Gasteiger partial charge >= 0.3 is 0 Å². The molecule has 0 aliphatic heterocycles. The maximum absolute atomic E-state index is 12.4. The van der Waals surface area contributed by atoms with Gasteiger partial charge in [0, 0.05) is 17.6 Å². The molecule has 26 heavy (non-hydrogen) atoms. The van der Waals surface area contributed by atoms with Crippen LogP contribution in [0, 0.1) is 6.92 Å². The van der Waals surface area contributed by atoms with Crippen LogP contribution in [0.5, 0.6) is 0 Å². The maximum Gasteiger partial charge on any atom is 0.271 e. The normalized spacial score (nSPS) is 10.5. The minimum Gasteiger partial charge on any atom is -0.347 e. The molecule has 0 bridgehead atoms. The molecule has 0 aliphatic carbocycles. The fraction of sp³-hybridized carbons (Fsp3) is 0.150. The number of carbonyl (C=O) groups is 1. The van der Waals surface area contributed by atoms with Gasteiger partial charge in [-0.3, -0.25) is 9.59 Å². The molecule has 1 aromatic heterocycles. The second-order valence-electron chi connectivity index (χ2n) is 5.97. The van der Waals surface area contributed by atoms with Crippen LogP contribution in [-0.4, -0.2) is 15.7 Å². The third-order valence-electron chi connectivity index (χ3n) is 3.95. The smallest absolute Gasteiger partial charge is 0.271 e. The van der Waals surface area contributed by atoms with Crippen molar-refractivity contribution in [1.82, 2.24) is 15.1 Å². The third-order valence-corrected chi connectivity index (χ3v) is 4.32. The van der Waals surface area contributed by atoms with E-state index < -0.39 is 0 Å². The minimum absolute atomic E-state index is 0.184. The van der Waals surface area contributed by atoms with E-state index in [4.69, 9.17) is 11.6 Å². The molecular formula is C20H18ClN3O2. The lowest BCUT2D eigenvalue weighted by Crippen LogP contribution is -2.29. The van der Waals surface area contributed by atoms with Crippen molar-refractivity contribution in [2.45, 2.75) is 20.0 Å². The molecule has 6 heteroatoms. The lowest BCUT2D eigenvalue weighted by molar-refractivity contribution is 0.0943. The van der Waals surface area contributed by atoms with E-state index in [1.54, 1.807) is 6.07 Å². The van der Waals surface area contributed by atoms with Crippen LogP contribution in [0.15, 0.2) is 65.5 Å². The predicted molar refractivity (Wildman–Crippen MR) is 101 cm³/mol. The van der Waals surface area contributed by atoms with E-state index in [9.17, 15) is 9.59 Å². The number of nitrogens with one attached hydrogen (secondary N) is 1. The zero-order valence-electron chi connectivity index (χ0n) is 14.3. The molecule has 0 atom stereocenters. The molecule has 2 aromatic carbocycles. The monoisotopic (exact) mass is 367 g/mol. The first kappa shape index (κ1) is 17.9. The van der Waals surface area contributed by atoms with E-state index in [-0.39, 0.29) is 23.7 Å². The highest BCUT2D eigenvalue weighted by Gasteiger charge is 2.10. The Morgan fingerprint density at radius 1 is 1.08 bits per heavy atom. The molecule has 1 N–H and O–H groups in total. The average molecular weight is 368 g/mol. The Balaban J connectivity index is 1.74. The quantitative estimate of drug-likeness (QED) is 0.753. The standard InChI is InChI=1S/C20H18ClN3O2/c1-14-6-8-15(9-7-14)13-24-19(25)11-10-18(23-24)20(26)22-12-16-4-2-3-5-17(16)21/h2-11H,12-13H2,1H3,(H,22,26). The number of halogens is 1.